The van der Waals surface area contributed by atoms with Gasteiger partial charge in [-0.3, -0.25) is 4.79 Å². The zero-order chi connectivity index (χ0) is 17.4. The van der Waals surface area contributed by atoms with E-state index in [4.69, 9.17) is 0 Å². The highest BCUT2D eigenvalue weighted by Gasteiger charge is 2.08. The summed E-state index contributed by atoms with van der Waals surface area (Å²) in [5.41, 5.74) is 4.37. The fraction of sp³-hybridized carbons (Fsp3) is 0.389. The molecular weight excluding hydrogens is 338 g/mol. The molecule has 0 aliphatic carbocycles. The Morgan fingerprint density at radius 1 is 1.08 bits per heavy atom. The lowest BCUT2D eigenvalue weighted by atomic mass is 10.2. The molecule has 1 heterocycles. The number of amides is 1. The third-order valence-electron chi connectivity index (χ3n) is 3.62. The molecule has 0 atom stereocenters. The first-order valence-electron chi connectivity index (χ1n) is 7.89. The number of hydrogen-bond donors (Lipinski definition) is 1. The highest BCUT2D eigenvalue weighted by atomic mass is 32.2. The number of carbonyl (C=O) groups is 1. The van der Waals surface area contributed by atoms with Crippen molar-refractivity contribution in [3.05, 3.63) is 52.8 Å². The van der Waals surface area contributed by atoms with Gasteiger partial charge in [0.05, 0.1) is 5.75 Å². The molecule has 128 valence electrons. The number of nitrogens with one attached hydrogen (secondary N) is 1. The van der Waals surface area contributed by atoms with Gasteiger partial charge in [-0.05, 0) is 31.9 Å². The summed E-state index contributed by atoms with van der Waals surface area (Å²) in [6.07, 6.45) is 0. The van der Waals surface area contributed by atoms with Gasteiger partial charge in [0.15, 0.2) is 5.16 Å². The van der Waals surface area contributed by atoms with Crippen LogP contribution < -0.4 is 5.32 Å². The van der Waals surface area contributed by atoms with Crippen LogP contribution in [0.15, 0.2) is 35.5 Å². The Morgan fingerprint density at radius 3 is 2.42 bits per heavy atom. The highest BCUT2D eigenvalue weighted by Crippen LogP contribution is 2.16. The van der Waals surface area contributed by atoms with Gasteiger partial charge in [-0.15, -0.1) is 0 Å². The van der Waals surface area contributed by atoms with Crippen molar-refractivity contribution in [2.75, 3.05) is 18.1 Å². The number of aryl methyl sites for hydroxylation is 2. The van der Waals surface area contributed by atoms with Crippen LogP contribution in [0, 0.1) is 20.8 Å². The van der Waals surface area contributed by atoms with Gasteiger partial charge in [-0.25, -0.2) is 9.97 Å². The fourth-order valence-corrected chi connectivity index (χ4v) is 3.60. The van der Waals surface area contributed by atoms with E-state index in [1.807, 2.05) is 50.7 Å². The second-order valence-electron chi connectivity index (χ2n) is 5.48. The third-order valence-corrected chi connectivity index (χ3v) is 5.50. The predicted octanol–water partition coefficient (Wildman–Crippen LogP) is 3.54. The monoisotopic (exact) mass is 361 g/mol. The maximum Gasteiger partial charge on any atom is 0.230 e. The topological polar surface area (TPSA) is 54.9 Å². The van der Waals surface area contributed by atoms with Crippen molar-refractivity contribution >= 4 is 29.4 Å². The molecule has 4 nitrogen and oxygen atoms in total. The molecule has 0 fully saturated rings. The predicted molar refractivity (Wildman–Crippen MR) is 103 cm³/mol. The van der Waals surface area contributed by atoms with Gasteiger partial charge in [0.25, 0.3) is 0 Å². The Hall–Kier alpha value is -1.53. The quantitative estimate of drug-likeness (QED) is 0.443. The van der Waals surface area contributed by atoms with Crippen LogP contribution in [0.25, 0.3) is 0 Å². The zero-order valence-corrected chi connectivity index (χ0v) is 16.0. The van der Waals surface area contributed by atoms with Gasteiger partial charge in [-0.2, -0.15) is 11.8 Å². The van der Waals surface area contributed by atoms with E-state index < -0.39 is 0 Å². The summed E-state index contributed by atoms with van der Waals surface area (Å²) in [6.45, 7) is 6.64. The van der Waals surface area contributed by atoms with Crippen LogP contribution in [0.5, 0.6) is 0 Å². The lowest BCUT2D eigenvalue weighted by Gasteiger charge is -2.07. The van der Waals surface area contributed by atoms with Crippen LogP contribution in [0.2, 0.25) is 0 Å². The Morgan fingerprint density at radius 2 is 1.75 bits per heavy atom. The van der Waals surface area contributed by atoms with Crippen molar-refractivity contribution in [2.45, 2.75) is 31.7 Å². The van der Waals surface area contributed by atoms with Crippen LogP contribution in [0.3, 0.4) is 0 Å². The molecule has 0 aliphatic heterocycles. The van der Waals surface area contributed by atoms with Crippen LogP contribution in [-0.4, -0.2) is 33.9 Å². The van der Waals surface area contributed by atoms with E-state index in [0.717, 1.165) is 28.5 Å². The molecule has 1 aromatic carbocycles. The van der Waals surface area contributed by atoms with Gasteiger partial charge < -0.3 is 5.32 Å². The summed E-state index contributed by atoms with van der Waals surface area (Å²) in [7, 11) is 0. The van der Waals surface area contributed by atoms with Crippen molar-refractivity contribution in [1.29, 1.82) is 0 Å². The fourth-order valence-electron chi connectivity index (χ4n) is 2.01. The van der Waals surface area contributed by atoms with E-state index in [1.165, 1.54) is 17.3 Å². The van der Waals surface area contributed by atoms with E-state index in [0.29, 0.717) is 17.5 Å². The molecule has 2 rings (SSSR count). The molecule has 0 radical (unpaired) electrons. The van der Waals surface area contributed by atoms with Crippen LogP contribution in [0.4, 0.5) is 0 Å². The van der Waals surface area contributed by atoms with Crippen molar-refractivity contribution < 1.29 is 4.79 Å². The molecular formula is C18H23N3OS2. The number of hydrogen-bond acceptors (Lipinski definition) is 5. The molecule has 6 heteroatoms. The first-order valence-corrected chi connectivity index (χ1v) is 10.0. The van der Waals surface area contributed by atoms with Crippen LogP contribution in [0.1, 0.15) is 22.5 Å². The molecule has 0 bridgehead atoms. The van der Waals surface area contributed by atoms with E-state index >= 15 is 0 Å². The van der Waals surface area contributed by atoms with Gasteiger partial charge in [0.1, 0.15) is 0 Å². The zero-order valence-electron chi connectivity index (χ0n) is 14.3. The average Bonchev–Trinajstić information content (AvgIpc) is 2.58. The molecule has 1 amide bonds. The standard InChI is InChI=1S/C18H23N3OS2/c1-13-14(2)20-18(21-15(13)3)24-12-17(22)19-9-10-23-11-16-7-5-4-6-8-16/h4-8H,9-12H2,1-3H3,(H,19,22). The normalized spacial score (nSPS) is 10.6. The van der Waals surface area contributed by atoms with Crippen molar-refractivity contribution in [2.24, 2.45) is 0 Å². The van der Waals surface area contributed by atoms with Crippen molar-refractivity contribution in [3.63, 3.8) is 0 Å². The summed E-state index contributed by atoms with van der Waals surface area (Å²) in [5, 5.41) is 3.61. The number of nitrogens with zero attached hydrogens (tertiary/aromatic N) is 2. The molecule has 2 aromatic rings. The maximum absolute atomic E-state index is 11.9. The van der Waals surface area contributed by atoms with Gasteiger partial charge in [-0.1, -0.05) is 42.1 Å². The second-order valence-corrected chi connectivity index (χ2v) is 7.53. The minimum absolute atomic E-state index is 0.0276. The molecule has 0 saturated heterocycles. The summed E-state index contributed by atoms with van der Waals surface area (Å²) in [4.78, 5) is 20.7. The first-order chi connectivity index (χ1) is 11.6. The van der Waals surface area contributed by atoms with E-state index in [9.17, 15) is 4.79 Å². The molecule has 0 spiro atoms. The Labute approximate surface area is 152 Å². The minimum Gasteiger partial charge on any atom is -0.355 e. The van der Waals surface area contributed by atoms with E-state index in [2.05, 4.69) is 27.4 Å². The van der Waals surface area contributed by atoms with Gasteiger partial charge >= 0.3 is 0 Å². The third kappa shape index (κ3) is 6.17. The number of thioether (sulfide) groups is 2. The SMILES string of the molecule is Cc1nc(SCC(=O)NCCSCc2ccccc2)nc(C)c1C. The maximum atomic E-state index is 11.9. The molecule has 0 unspecified atom stereocenters. The molecule has 0 saturated carbocycles. The minimum atomic E-state index is 0.0276. The average molecular weight is 362 g/mol. The first kappa shape index (κ1) is 18.8. The molecule has 24 heavy (non-hydrogen) atoms. The number of rotatable bonds is 8. The number of benzene rings is 1. The Kier molecular flexibility index (Phi) is 7.59. The van der Waals surface area contributed by atoms with Crippen molar-refractivity contribution in [3.8, 4) is 0 Å². The Bertz CT molecular complexity index is 654. The van der Waals surface area contributed by atoms with Crippen LogP contribution in [-0.2, 0) is 10.5 Å². The summed E-state index contributed by atoms with van der Waals surface area (Å²) < 4.78 is 0. The second kappa shape index (κ2) is 9.69. The Balaban J connectivity index is 1.63. The summed E-state index contributed by atoms with van der Waals surface area (Å²) >= 11 is 3.21. The van der Waals surface area contributed by atoms with E-state index in [1.54, 1.807) is 0 Å². The van der Waals surface area contributed by atoms with Gasteiger partial charge in [0.2, 0.25) is 5.91 Å². The molecule has 1 aromatic heterocycles. The lowest BCUT2D eigenvalue weighted by molar-refractivity contribution is -0.118. The highest BCUT2D eigenvalue weighted by molar-refractivity contribution is 7.99. The van der Waals surface area contributed by atoms with Crippen molar-refractivity contribution in [1.82, 2.24) is 15.3 Å². The summed E-state index contributed by atoms with van der Waals surface area (Å²) in [6, 6.07) is 10.4. The van der Waals surface area contributed by atoms with Gasteiger partial charge in [0, 0.05) is 29.4 Å². The van der Waals surface area contributed by atoms with Crippen LogP contribution >= 0.6 is 23.5 Å². The number of carbonyl (C=O) groups excluding carboxylic acids is 1. The smallest absolute Gasteiger partial charge is 0.230 e. The molecule has 0 aliphatic rings. The van der Waals surface area contributed by atoms with E-state index in [-0.39, 0.29) is 5.91 Å². The largest absolute Gasteiger partial charge is 0.355 e. The summed E-state index contributed by atoms with van der Waals surface area (Å²) in [5.74, 6) is 2.26. The molecule has 1 N–H and O–H groups in total. The lowest BCUT2D eigenvalue weighted by Crippen LogP contribution is -2.27. The number of aromatic nitrogens is 2.